The lowest BCUT2D eigenvalue weighted by molar-refractivity contribution is 0.343. The Morgan fingerprint density at radius 3 is 2.31 bits per heavy atom. The number of hydrogen-bond acceptors (Lipinski definition) is 1. The second-order valence-corrected chi connectivity index (χ2v) is 3.59. The van der Waals surface area contributed by atoms with E-state index < -0.39 is 0 Å². The van der Waals surface area contributed by atoms with Crippen molar-refractivity contribution in [1.82, 2.24) is 0 Å². The second-order valence-electron chi connectivity index (χ2n) is 2.37. The molecule has 1 N–H and O–H groups in total. The van der Waals surface area contributed by atoms with Crippen molar-refractivity contribution >= 4 is 40.9 Å². The fourth-order valence-electron chi connectivity index (χ4n) is 0.845. The maximum Gasteiger partial charge on any atom is 0.0615 e. The van der Waals surface area contributed by atoms with Gasteiger partial charge in [0.05, 0.1) is 16.7 Å². The molecule has 0 saturated carbocycles. The van der Waals surface area contributed by atoms with Crippen LogP contribution in [0.25, 0.3) is 6.08 Å². The molecule has 13 heavy (non-hydrogen) atoms. The van der Waals surface area contributed by atoms with Crippen molar-refractivity contribution in [3.05, 3.63) is 38.8 Å². The third-order valence-corrected chi connectivity index (χ3v) is 2.49. The van der Waals surface area contributed by atoms with Gasteiger partial charge in [0.15, 0.2) is 0 Å². The van der Waals surface area contributed by atoms with Crippen molar-refractivity contribution in [3.8, 4) is 0 Å². The van der Waals surface area contributed by atoms with Crippen LogP contribution in [-0.2, 0) is 0 Å². The summed E-state index contributed by atoms with van der Waals surface area (Å²) in [5.74, 6) is 0. The van der Waals surface area contributed by atoms with E-state index in [-0.39, 0.29) is 6.61 Å². The molecule has 0 unspecified atom stereocenters. The summed E-state index contributed by atoms with van der Waals surface area (Å²) in [6, 6.07) is 3.22. The normalized spacial score (nSPS) is 11.1. The Hall–Kier alpha value is -0.210. The van der Waals surface area contributed by atoms with E-state index in [9.17, 15) is 0 Å². The molecule has 0 bridgehead atoms. The Bertz CT molecular complexity index is 334. The molecule has 1 aromatic carbocycles. The maximum atomic E-state index is 8.55. The number of rotatable bonds is 2. The molecule has 4 heteroatoms. The molecule has 0 saturated heterocycles. The number of aliphatic hydroxyl groups is 1. The quantitative estimate of drug-likeness (QED) is 0.779. The van der Waals surface area contributed by atoms with E-state index >= 15 is 0 Å². The monoisotopic (exact) mass is 236 g/mol. The summed E-state index contributed by atoms with van der Waals surface area (Å²) in [6.45, 7) is -0.0312. The van der Waals surface area contributed by atoms with Crippen LogP contribution in [0.15, 0.2) is 18.2 Å². The molecular weight excluding hydrogens is 230 g/mol. The number of halogens is 3. The minimum Gasteiger partial charge on any atom is -0.392 e. The summed E-state index contributed by atoms with van der Waals surface area (Å²) >= 11 is 17.4. The van der Waals surface area contributed by atoms with E-state index in [2.05, 4.69) is 0 Å². The summed E-state index contributed by atoms with van der Waals surface area (Å²) in [7, 11) is 0. The Labute approximate surface area is 91.5 Å². The number of aliphatic hydroxyl groups excluding tert-OH is 1. The molecule has 0 aliphatic rings. The Morgan fingerprint density at radius 1 is 1.08 bits per heavy atom. The first-order chi connectivity index (χ1) is 6.15. The molecule has 0 aliphatic heterocycles. The lowest BCUT2D eigenvalue weighted by atomic mass is 10.2. The Morgan fingerprint density at radius 2 is 1.69 bits per heavy atom. The zero-order valence-corrected chi connectivity index (χ0v) is 8.87. The van der Waals surface area contributed by atoms with Crippen molar-refractivity contribution in [2.24, 2.45) is 0 Å². The molecule has 0 aliphatic carbocycles. The number of benzene rings is 1. The highest BCUT2D eigenvalue weighted by Crippen LogP contribution is 2.29. The van der Waals surface area contributed by atoms with E-state index in [0.29, 0.717) is 15.1 Å². The zero-order valence-electron chi connectivity index (χ0n) is 6.60. The van der Waals surface area contributed by atoms with Gasteiger partial charge in [0, 0.05) is 5.02 Å². The molecule has 0 fully saturated rings. The van der Waals surface area contributed by atoms with Crippen molar-refractivity contribution in [2.75, 3.05) is 6.61 Å². The van der Waals surface area contributed by atoms with Gasteiger partial charge in [-0.15, -0.1) is 0 Å². The van der Waals surface area contributed by atoms with Gasteiger partial charge >= 0.3 is 0 Å². The molecule has 0 spiro atoms. The molecule has 1 rings (SSSR count). The fourth-order valence-corrected chi connectivity index (χ4v) is 1.46. The summed E-state index contributed by atoms with van der Waals surface area (Å²) in [5, 5.41) is 9.94. The third kappa shape index (κ3) is 2.89. The van der Waals surface area contributed by atoms with E-state index in [1.807, 2.05) is 0 Å². The van der Waals surface area contributed by atoms with Gasteiger partial charge in [0.25, 0.3) is 0 Å². The van der Waals surface area contributed by atoms with Gasteiger partial charge < -0.3 is 5.11 Å². The van der Waals surface area contributed by atoms with Crippen molar-refractivity contribution in [2.45, 2.75) is 0 Å². The van der Waals surface area contributed by atoms with Gasteiger partial charge in [-0.2, -0.15) is 0 Å². The highest BCUT2D eigenvalue weighted by molar-refractivity contribution is 6.43. The van der Waals surface area contributed by atoms with Crippen LogP contribution in [0.2, 0.25) is 15.1 Å². The first-order valence-corrected chi connectivity index (χ1v) is 4.70. The minimum absolute atomic E-state index is 0.0312. The highest BCUT2D eigenvalue weighted by Gasteiger charge is 2.02. The van der Waals surface area contributed by atoms with Crippen molar-refractivity contribution in [1.29, 1.82) is 0 Å². The van der Waals surface area contributed by atoms with Gasteiger partial charge in [-0.1, -0.05) is 47.0 Å². The van der Waals surface area contributed by atoms with Gasteiger partial charge in [-0.25, -0.2) is 0 Å². The van der Waals surface area contributed by atoms with Gasteiger partial charge in [-0.3, -0.25) is 0 Å². The summed E-state index contributed by atoms with van der Waals surface area (Å²) in [6.07, 6.45) is 3.26. The molecule has 0 atom stereocenters. The third-order valence-electron chi connectivity index (χ3n) is 1.44. The first-order valence-electron chi connectivity index (χ1n) is 3.57. The molecule has 1 nitrogen and oxygen atoms in total. The van der Waals surface area contributed by atoms with Gasteiger partial charge in [0.2, 0.25) is 0 Å². The zero-order chi connectivity index (χ0) is 9.84. The van der Waals surface area contributed by atoms with Crippen LogP contribution in [0.5, 0.6) is 0 Å². The van der Waals surface area contributed by atoms with Crippen LogP contribution in [0, 0.1) is 0 Å². The first kappa shape index (κ1) is 10.9. The van der Waals surface area contributed by atoms with Crippen LogP contribution < -0.4 is 0 Å². The molecule has 70 valence electrons. The van der Waals surface area contributed by atoms with Crippen LogP contribution in [-0.4, -0.2) is 11.7 Å². The average Bonchev–Trinajstić information content (AvgIpc) is 2.09. The maximum absolute atomic E-state index is 8.55. The lowest BCUT2D eigenvalue weighted by Crippen LogP contribution is -1.78. The molecule has 0 amide bonds. The topological polar surface area (TPSA) is 20.2 Å². The summed E-state index contributed by atoms with van der Waals surface area (Å²) in [5.41, 5.74) is 0.741. The second kappa shape index (κ2) is 4.87. The smallest absolute Gasteiger partial charge is 0.0615 e. The molecule has 1 aromatic rings. The summed E-state index contributed by atoms with van der Waals surface area (Å²) in [4.78, 5) is 0. The average molecular weight is 238 g/mol. The number of hydrogen-bond donors (Lipinski definition) is 1. The lowest BCUT2D eigenvalue weighted by Gasteiger charge is -2.01. The van der Waals surface area contributed by atoms with Crippen molar-refractivity contribution in [3.63, 3.8) is 0 Å². The van der Waals surface area contributed by atoms with Crippen LogP contribution in [0.4, 0.5) is 0 Å². The van der Waals surface area contributed by atoms with Gasteiger partial charge in [-0.05, 0) is 17.7 Å². The molecule has 0 aromatic heterocycles. The molecular formula is C9H7Cl3O. The minimum atomic E-state index is -0.0312. The SMILES string of the molecule is OCC=Cc1cc(Cl)c(Cl)cc1Cl. The van der Waals surface area contributed by atoms with E-state index in [1.165, 1.54) is 0 Å². The summed E-state index contributed by atoms with van der Waals surface area (Å²) < 4.78 is 0. The van der Waals surface area contributed by atoms with Crippen LogP contribution in [0.1, 0.15) is 5.56 Å². The van der Waals surface area contributed by atoms with E-state index in [4.69, 9.17) is 39.9 Å². The van der Waals surface area contributed by atoms with E-state index in [1.54, 1.807) is 24.3 Å². The molecule has 0 heterocycles. The van der Waals surface area contributed by atoms with Crippen LogP contribution >= 0.6 is 34.8 Å². The van der Waals surface area contributed by atoms with Crippen molar-refractivity contribution < 1.29 is 5.11 Å². The Balaban J connectivity index is 3.08. The van der Waals surface area contributed by atoms with Crippen LogP contribution in [0.3, 0.4) is 0 Å². The van der Waals surface area contributed by atoms with Gasteiger partial charge in [0.1, 0.15) is 0 Å². The Kier molecular flexibility index (Phi) is 4.07. The predicted octanol–water partition coefficient (Wildman–Crippen LogP) is 3.65. The highest BCUT2D eigenvalue weighted by atomic mass is 35.5. The van der Waals surface area contributed by atoms with E-state index in [0.717, 1.165) is 5.56 Å². The predicted molar refractivity (Wildman–Crippen MR) is 57.6 cm³/mol. The fraction of sp³-hybridized carbons (Fsp3) is 0.111. The standard InChI is InChI=1S/C9H7Cl3O/c10-7-5-9(12)8(11)4-6(7)2-1-3-13/h1-2,4-5,13H,3H2. The molecule has 0 radical (unpaired) electrons. The largest absolute Gasteiger partial charge is 0.392 e.